The molecule has 0 unspecified atom stereocenters. The zero-order valence-electron chi connectivity index (χ0n) is 14.0. The van der Waals surface area contributed by atoms with Crippen LogP contribution in [0.2, 0.25) is 0 Å². The average molecular weight is 347 g/mol. The number of thiophene rings is 1. The number of nitrogens with zero attached hydrogens (tertiary/aromatic N) is 2. The van der Waals surface area contributed by atoms with Crippen LogP contribution in [0.1, 0.15) is 21.5 Å². The van der Waals surface area contributed by atoms with Gasteiger partial charge in [-0.1, -0.05) is 12.1 Å². The van der Waals surface area contributed by atoms with Crippen LogP contribution in [0.15, 0.2) is 59.6 Å². The summed E-state index contributed by atoms with van der Waals surface area (Å²) in [6.45, 7) is 4.04. The minimum atomic E-state index is -0.0906. The van der Waals surface area contributed by atoms with Crippen LogP contribution in [0.3, 0.4) is 0 Å². The van der Waals surface area contributed by atoms with Crippen LogP contribution in [0.4, 0.5) is 5.69 Å². The van der Waals surface area contributed by atoms with E-state index in [1.165, 1.54) is 16.9 Å². The monoisotopic (exact) mass is 347 g/mol. The number of rotatable bonds is 3. The lowest BCUT2D eigenvalue weighted by Crippen LogP contribution is -2.11. The molecule has 1 N–H and O–H groups in total. The molecule has 4 rings (SSSR count). The summed E-state index contributed by atoms with van der Waals surface area (Å²) in [5.41, 5.74) is 6.47. The fourth-order valence-corrected chi connectivity index (χ4v) is 3.36. The highest BCUT2D eigenvalue weighted by Gasteiger charge is 2.11. The van der Waals surface area contributed by atoms with E-state index in [2.05, 4.69) is 24.4 Å². The summed E-state index contributed by atoms with van der Waals surface area (Å²) in [6, 6.07) is 12.0. The van der Waals surface area contributed by atoms with Gasteiger partial charge in [-0.2, -0.15) is 11.3 Å². The largest absolute Gasteiger partial charge is 0.322 e. The highest BCUT2D eigenvalue weighted by molar-refractivity contribution is 7.08. The van der Waals surface area contributed by atoms with Gasteiger partial charge in [-0.3, -0.25) is 4.79 Å². The summed E-state index contributed by atoms with van der Waals surface area (Å²) >= 11 is 1.51. The molecule has 4 aromatic rings. The molecule has 0 saturated heterocycles. The predicted octanol–water partition coefficient (Wildman–Crippen LogP) is 4.93. The van der Waals surface area contributed by atoms with Crippen LogP contribution in [-0.2, 0) is 0 Å². The van der Waals surface area contributed by atoms with Crippen LogP contribution >= 0.6 is 11.3 Å². The number of amides is 1. The number of hydrogen-bond donors (Lipinski definition) is 1. The van der Waals surface area contributed by atoms with Gasteiger partial charge < -0.3 is 9.72 Å². The summed E-state index contributed by atoms with van der Waals surface area (Å²) in [7, 11) is 0. The zero-order valence-corrected chi connectivity index (χ0v) is 14.8. The Kier molecular flexibility index (Phi) is 3.86. The number of aromatic nitrogens is 2. The van der Waals surface area contributed by atoms with E-state index in [9.17, 15) is 4.79 Å². The Labute approximate surface area is 149 Å². The van der Waals surface area contributed by atoms with Gasteiger partial charge in [-0.15, -0.1) is 0 Å². The van der Waals surface area contributed by atoms with E-state index in [0.717, 1.165) is 28.2 Å². The molecule has 0 bridgehead atoms. The minimum absolute atomic E-state index is 0.0906. The van der Waals surface area contributed by atoms with Gasteiger partial charge in [-0.05, 0) is 54.6 Å². The second-order valence-electron chi connectivity index (χ2n) is 6.09. The lowest BCUT2D eigenvalue weighted by atomic mass is 10.1. The Morgan fingerprint density at radius 3 is 2.84 bits per heavy atom. The van der Waals surface area contributed by atoms with E-state index in [0.29, 0.717) is 5.56 Å². The molecule has 1 amide bonds. The van der Waals surface area contributed by atoms with E-state index in [1.54, 1.807) is 0 Å². The van der Waals surface area contributed by atoms with Crippen molar-refractivity contribution in [2.75, 3.05) is 5.32 Å². The average Bonchev–Trinajstić information content (AvgIpc) is 3.25. The van der Waals surface area contributed by atoms with Crippen molar-refractivity contribution in [3.8, 4) is 11.3 Å². The highest BCUT2D eigenvalue weighted by atomic mass is 32.1. The lowest BCUT2D eigenvalue weighted by molar-refractivity contribution is 0.102. The van der Waals surface area contributed by atoms with Gasteiger partial charge in [0.05, 0.1) is 11.3 Å². The number of imidazole rings is 1. The second-order valence-corrected chi connectivity index (χ2v) is 6.87. The molecule has 0 radical (unpaired) electrons. The van der Waals surface area contributed by atoms with E-state index < -0.39 is 0 Å². The van der Waals surface area contributed by atoms with Crippen molar-refractivity contribution < 1.29 is 4.79 Å². The molecular formula is C20H17N3OS. The Hall–Kier alpha value is -2.92. The van der Waals surface area contributed by atoms with Gasteiger partial charge >= 0.3 is 0 Å². The topological polar surface area (TPSA) is 46.4 Å². The van der Waals surface area contributed by atoms with Crippen molar-refractivity contribution >= 4 is 28.6 Å². The number of pyridine rings is 1. The third-order valence-corrected chi connectivity index (χ3v) is 4.86. The molecule has 0 fully saturated rings. The van der Waals surface area contributed by atoms with Crippen molar-refractivity contribution in [2.24, 2.45) is 0 Å². The molecule has 0 aliphatic rings. The first-order valence-corrected chi connectivity index (χ1v) is 8.94. The van der Waals surface area contributed by atoms with Crippen LogP contribution in [0.5, 0.6) is 0 Å². The first-order valence-electron chi connectivity index (χ1n) is 8.00. The van der Waals surface area contributed by atoms with Crippen molar-refractivity contribution in [1.29, 1.82) is 0 Å². The van der Waals surface area contributed by atoms with Crippen LogP contribution in [-0.4, -0.2) is 15.3 Å². The molecule has 0 spiro atoms. The summed E-state index contributed by atoms with van der Waals surface area (Å²) in [6.07, 6.45) is 4.01. The third-order valence-electron chi connectivity index (χ3n) is 4.18. The van der Waals surface area contributed by atoms with Gasteiger partial charge in [0.25, 0.3) is 5.91 Å². The van der Waals surface area contributed by atoms with Crippen LogP contribution in [0.25, 0.3) is 16.9 Å². The quantitative estimate of drug-likeness (QED) is 0.571. The van der Waals surface area contributed by atoms with Gasteiger partial charge in [-0.25, -0.2) is 4.98 Å². The first-order chi connectivity index (χ1) is 12.1. The van der Waals surface area contributed by atoms with Crippen LogP contribution < -0.4 is 5.32 Å². The number of carbonyl (C=O) groups is 1. The predicted molar refractivity (Wildman–Crippen MR) is 102 cm³/mol. The number of hydrogen-bond acceptors (Lipinski definition) is 3. The molecule has 5 heteroatoms. The molecular weight excluding hydrogens is 330 g/mol. The Morgan fingerprint density at radius 1 is 1.16 bits per heavy atom. The SMILES string of the molecule is Cc1ccn2cc(-c3ccc(C)c(NC(=O)c4ccsc4)c3)nc2c1. The smallest absolute Gasteiger partial charge is 0.256 e. The van der Waals surface area contributed by atoms with Crippen molar-refractivity contribution in [2.45, 2.75) is 13.8 Å². The Balaban J connectivity index is 1.69. The number of aryl methyl sites for hydroxylation is 2. The number of fused-ring (bicyclic) bond motifs is 1. The molecule has 4 nitrogen and oxygen atoms in total. The number of benzene rings is 1. The maximum atomic E-state index is 12.3. The summed E-state index contributed by atoms with van der Waals surface area (Å²) in [5, 5.41) is 6.74. The fourth-order valence-electron chi connectivity index (χ4n) is 2.73. The second kappa shape index (κ2) is 6.18. The van der Waals surface area contributed by atoms with Gasteiger partial charge in [0.15, 0.2) is 0 Å². The number of nitrogens with one attached hydrogen (secondary N) is 1. The van der Waals surface area contributed by atoms with Crippen molar-refractivity contribution in [3.05, 3.63) is 76.2 Å². The van der Waals surface area contributed by atoms with Gasteiger partial charge in [0.1, 0.15) is 5.65 Å². The third kappa shape index (κ3) is 3.06. The Morgan fingerprint density at radius 2 is 2.04 bits per heavy atom. The standard InChI is InChI=1S/C20H17N3OS/c1-13-5-7-23-11-18(21-19(23)9-13)15-4-3-14(2)17(10-15)22-20(24)16-6-8-25-12-16/h3-12H,1-2H3,(H,22,24). The Bertz CT molecular complexity index is 1060. The summed E-state index contributed by atoms with van der Waals surface area (Å²) in [5.74, 6) is -0.0906. The maximum Gasteiger partial charge on any atom is 0.256 e. The number of carbonyl (C=O) groups excluding carboxylic acids is 1. The minimum Gasteiger partial charge on any atom is -0.322 e. The van der Waals surface area contributed by atoms with Crippen molar-refractivity contribution in [3.63, 3.8) is 0 Å². The van der Waals surface area contributed by atoms with Gasteiger partial charge in [0, 0.05) is 29.0 Å². The lowest BCUT2D eigenvalue weighted by Gasteiger charge is -2.09. The molecule has 25 heavy (non-hydrogen) atoms. The maximum absolute atomic E-state index is 12.3. The zero-order chi connectivity index (χ0) is 17.4. The first kappa shape index (κ1) is 15.6. The number of anilines is 1. The molecule has 3 aromatic heterocycles. The normalized spacial score (nSPS) is 11.0. The fraction of sp³-hybridized carbons (Fsp3) is 0.100. The van der Waals surface area contributed by atoms with Crippen molar-refractivity contribution in [1.82, 2.24) is 9.38 Å². The molecule has 3 heterocycles. The summed E-state index contributed by atoms with van der Waals surface area (Å²) < 4.78 is 2.01. The van der Waals surface area contributed by atoms with E-state index in [1.807, 2.05) is 58.7 Å². The van der Waals surface area contributed by atoms with Gasteiger partial charge in [0.2, 0.25) is 0 Å². The molecule has 0 saturated carbocycles. The molecule has 0 aliphatic carbocycles. The van der Waals surface area contributed by atoms with Crippen LogP contribution in [0, 0.1) is 13.8 Å². The molecule has 124 valence electrons. The molecule has 1 aromatic carbocycles. The summed E-state index contributed by atoms with van der Waals surface area (Å²) in [4.78, 5) is 17.0. The highest BCUT2D eigenvalue weighted by Crippen LogP contribution is 2.26. The van der Waals surface area contributed by atoms with E-state index >= 15 is 0 Å². The van der Waals surface area contributed by atoms with E-state index in [4.69, 9.17) is 4.98 Å². The molecule has 0 atom stereocenters. The molecule has 0 aliphatic heterocycles. The van der Waals surface area contributed by atoms with E-state index in [-0.39, 0.29) is 5.91 Å².